The van der Waals surface area contributed by atoms with Gasteiger partial charge in [-0.05, 0) is 50.2 Å². The van der Waals surface area contributed by atoms with Crippen molar-refractivity contribution in [1.29, 1.82) is 0 Å². The van der Waals surface area contributed by atoms with Gasteiger partial charge in [-0.1, -0.05) is 12.1 Å². The Bertz CT molecular complexity index is 975. The zero-order valence-corrected chi connectivity index (χ0v) is 17.5. The van der Waals surface area contributed by atoms with E-state index in [0.717, 1.165) is 43.5 Å². The second-order valence-electron chi connectivity index (χ2n) is 7.20. The molecule has 1 aliphatic rings. The van der Waals surface area contributed by atoms with E-state index in [1.807, 2.05) is 19.1 Å². The number of anilines is 2. The van der Waals surface area contributed by atoms with Crippen LogP contribution in [0.1, 0.15) is 11.1 Å². The summed E-state index contributed by atoms with van der Waals surface area (Å²) in [6.07, 6.45) is 0. The smallest absolute Gasteiger partial charge is 0.387 e. The van der Waals surface area contributed by atoms with E-state index in [2.05, 4.69) is 26.3 Å². The molecule has 1 saturated heterocycles. The molecule has 0 bridgehead atoms. The quantitative estimate of drug-likeness (QED) is 0.768. The first-order chi connectivity index (χ1) is 13.7. The molecule has 9 heteroatoms. The Morgan fingerprint density at radius 1 is 1.00 bits per heavy atom. The van der Waals surface area contributed by atoms with E-state index in [1.54, 1.807) is 13.0 Å². The molecule has 0 saturated carbocycles. The Labute approximate surface area is 170 Å². The van der Waals surface area contributed by atoms with Gasteiger partial charge in [-0.2, -0.15) is 8.78 Å². The lowest BCUT2D eigenvalue weighted by Gasteiger charge is -2.35. The van der Waals surface area contributed by atoms with Gasteiger partial charge in [0, 0.05) is 37.9 Å². The van der Waals surface area contributed by atoms with Crippen LogP contribution in [0.4, 0.5) is 20.2 Å². The maximum Gasteiger partial charge on any atom is 0.387 e. The molecule has 1 N–H and O–H groups in total. The molecule has 0 amide bonds. The van der Waals surface area contributed by atoms with Crippen LogP contribution in [0.15, 0.2) is 41.3 Å². The number of nitrogens with zero attached hydrogens (tertiary/aromatic N) is 2. The van der Waals surface area contributed by atoms with Gasteiger partial charge in [0.1, 0.15) is 5.75 Å². The lowest BCUT2D eigenvalue weighted by atomic mass is 10.1. The van der Waals surface area contributed by atoms with Crippen LogP contribution >= 0.6 is 0 Å². The molecule has 2 aromatic carbocycles. The summed E-state index contributed by atoms with van der Waals surface area (Å²) in [6, 6.07) is 9.25. The molecule has 158 valence electrons. The number of alkyl halides is 2. The normalized spacial score (nSPS) is 15.6. The second kappa shape index (κ2) is 8.54. The highest BCUT2D eigenvalue weighted by Gasteiger charge is 2.21. The molecule has 0 atom stereocenters. The lowest BCUT2D eigenvalue weighted by molar-refractivity contribution is -0.0500. The van der Waals surface area contributed by atoms with E-state index in [-0.39, 0.29) is 10.6 Å². The fourth-order valence-corrected chi connectivity index (χ4v) is 4.63. The first kappa shape index (κ1) is 21.3. The van der Waals surface area contributed by atoms with Crippen molar-refractivity contribution in [1.82, 2.24) is 4.90 Å². The number of hydrogen-bond donors (Lipinski definition) is 1. The van der Waals surface area contributed by atoms with Crippen LogP contribution in [0.25, 0.3) is 0 Å². The van der Waals surface area contributed by atoms with Crippen molar-refractivity contribution in [2.75, 3.05) is 42.8 Å². The summed E-state index contributed by atoms with van der Waals surface area (Å²) in [6.45, 7) is 4.16. The molecular formula is C20H25F2N3O3S. The third-order valence-electron chi connectivity index (χ3n) is 4.98. The Kier molecular flexibility index (Phi) is 6.28. The Morgan fingerprint density at radius 3 is 2.31 bits per heavy atom. The van der Waals surface area contributed by atoms with Gasteiger partial charge in [-0.15, -0.1) is 0 Å². The molecule has 0 aromatic heterocycles. The van der Waals surface area contributed by atoms with Crippen molar-refractivity contribution in [3.05, 3.63) is 47.5 Å². The van der Waals surface area contributed by atoms with Crippen molar-refractivity contribution < 1.29 is 21.9 Å². The zero-order valence-electron chi connectivity index (χ0n) is 16.7. The average molecular weight is 426 g/mol. The van der Waals surface area contributed by atoms with Gasteiger partial charge in [-0.3, -0.25) is 4.72 Å². The maximum atomic E-state index is 12.9. The standard InChI is InChI=1S/C20H25F2N3O3S/c1-14-4-6-16(12-18(14)25-10-8-24(3)9-11-25)23-29(26,27)19-13-17(28-20(21)22)7-5-15(19)2/h4-7,12-13,20,23H,8-11H2,1-3H3. The van der Waals surface area contributed by atoms with Crippen LogP contribution in [-0.4, -0.2) is 53.2 Å². The summed E-state index contributed by atoms with van der Waals surface area (Å²) in [5.41, 5.74) is 2.89. The number of nitrogens with one attached hydrogen (secondary N) is 1. The van der Waals surface area contributed by atoms with Crippen LogP contribution in [0.5, 0.6) is 5.75 Å². The van der Waals surface area contributed by atoms with Crippen LogP contribution in [0.2, 0.25) is 0 Å². The monoisotopic (exact) mass is 425 g/mol. The van der Waals surface area contributed by atoms with Crippen molar-refractivity contribution in [2.24, 2.45) is 0 Å². The van der Waals surface area contributed by atoms with Gasteiger partial charge in [0.25, 0.3) is 10.0 Å². The third-order valence-corrected chi connectivity index (χ3v) is 6.50. The first-order valence-electron chi connectivity index (χ1n) is 9.28. The van der Waals surface area contributed by atoms with E-state index in [0.29, 0.717) is 11.3 Å². The summed E-state index contributed by atoms with van der Waals surface area (Å²) in [4.78, 5) is 4.38. The SMILES string of the molecule is Cc1ccc(NS(=O)(=O)c2cc(OC(F)F)ccc2C)cc1N1CCN(C)CC1. The van der Waals surface area contributed by atoms with Gasteiger partial charge in [-0.25, -0.2) is 8.42 Å². The summed E-state index contributed by atoms with van der Waals surface area (Å²) < 4.78 is 57.7. The summed E-state index contributed by atoms with van der Waals surface area (Å²) in [7, 11) is -1.90. The molecule has 2 aromatic rings. The Hall–Kier alpha value is -2.39. The summed E-state index contributed by atoms with van der Waals surface area (Å²) in [5, 5.41) is 0. The number of piperazine rings is 1. The van der Waals surface area contributed by atoms with Gasteiger partial charge < -0.3 is 14.5 Å². The predicted octanol–water partition coefficient (Wildman–Crippen LogP) is 3.46. The van der Waals surface area contributed by atoms with E-state index in [1.165, 1.54) is 12.1 Å². The van der Waals surface area contributed by atoms with Crippen LogP contribution < -0.4 is 14.4 Å². The van der Waals surface area contributed by atoms with Crippen molar-refractivity contribution in [2.45, 2.75) is 25.4 Å². The number of ether oxygens (including phenoxy) is 1. The number of sulfonamides is 1. The van der Waals surface area contributed by atoms with Crippen molar-refractivity contribution in [3.63, 3.8) is 0 Å². The fraction of sp³-hybridized carbons (Fsp3) is 0.400. The highest BCUT2D eigenvalue weighted by Crippen LogP contribution is 2.29. The molecule has 1 aliphatic heterocycles. The average Bonchev–Trinajstić information content (AvgIpc) is 2.65. The minimum absolute atomic E-state index is 0.0997. The minimum atomic E-state index is -3.97. The van der Waals surface area contributed by atoms with Gasteiger partial charge >= 0.3 is 6.61 Å². The largest absolute Gasteiger partial charge is 0.435 e. The van der Waals surface area contributed by atoms with Crippen LogP contribution in [-0.2, 0) is 10.0 Å². The molecule has 0 unspecified atom stereocenters. The molecule has 6 nitrogen and oxygen atoms in total. The number of likely N-dealkylation sites (N-methyl/N-ethyl adjacent to an activating group) is 1. The maximum absolute atomic E-state index is 12.9. The molecule has 0 aliphatic carbocycles. The number of benzene rings is 2. The number of hydrogen-bond acceptors (Lipinski definition) is 5. The summed E-state index contributed by atoms with van der Waals surface area (Å²) >= 11 is 0. The van der Waals surface area contributed by atoms with Crippen LogP contribution in [0, 0.1) is 13.8 Å². The fourth-order valence-electron chi connectivity index (χ4n) is 3.32. The zero-order chi connectivity index (χ0) is 21.2. The Balaban J connectivity index is 1.86. The Morgan fingerprint density at radius 2 is 1.66 bits per heavy atom. The highest BCUT2D eigenvalue weighted by molar-refractivity contribution is 7.92. The van der Waals surface area contributed by atoms with Crippen molar-refractivity contribution in [3.8, 4) is 5.75 Å². The van der Waals surface area contributed by atoms with Gasteiger partial charge in [0.05, 0.1) is 10.6 Å². The highest BCUT2D eigenvalue weighted by atomic mass is 32.2. The molecule has 1 heterocycles. The predicted molar refractivity (Wildman–Crippen MR) is 110 cm³/mol. The van der Waals surface area contributed by atoms with Gasteiger partial charge in [0.15, 0.2) is 0 Å². The molecular weight excluding hydrogens is 400 g/mol. The summed E-state index contributed by atoms with van der Waals surface area (Å²) in [5.74, 6) is -0.201. The minimum Gasteiger partial charge on any atom is -0.435 e. The number of aryl methyl sites for hydroxylation is 2. The number of halogens is 2. The van der Waals surface area contributed by atoms with E-state index in [9.17, 15) is 17.2 Å². The molecule has 29 heavy (non-hydrogen) atoms. The van der Waals surface area contributed by atoms with E-state index >= 15 is 0 Å². The molecule has 0 radical (unpaired) electrons. The van der Waals surface area contributed by atoms with E-state index < -0.39 is 16.6 Å². The van der Waals surface area contributed by atoms with Gasteiger partial charge in [0.2, 0.25) is 0 Å². The molecule has 1 fully saturated rings. The third kappa shape index (κ3) is 5.16. The molecule has 0 spiro atoms. The van der Waals surface area contributed by atoms with E-state index in [4.69, 9.17) is 0 Å². The van der Waals surface area contributed by atoms with Crippen molar-refractivity contribution >= 4 is 21.4 Å². The second-order valence-corrected chi connectivity index (χ2v) is 8.85. The lowest BCUT2D eigenvalue weighted by Crippen LogP contribution is -2.44. The molecule has 3 rings (SSSR count). The topological polar surface area (TPSA) is 61.9 Å². The first-order valence-corrected chi connectivity index (χ1v) is 10.8. The number of rotatable bonds is 6. The van der Waals surface area contributed by atoms with Crippen LogP contribution in [0.3, 0.4) is 0 Å².